The third kappa shape index (κ3) is 19.8. The molecule has 0 fully saturated rings. The number of amides is 9. The van der Waals surface area contributed by atoms with Gasteiger partial charge in [0.25, 0.3) is 0 Å². The highest BCUT2D eigenvalue weighted by Gasteiger charge is 2.29. The van der Waals surface area contributed by atoms with E-state index < -0.39 is 122 Å². The molecular formula is C35H54N10O11. The first kappa shape index (κ1) is 47.9. The predicted molar refractivity (Wildman–Crippen MR) is 200 cm³/mol. The minimum Gasteiger partial charge on any atom is -0.480 e. The normalized spacial score (nSPS) is 12.8. The summed E-state index contributed by atoms with van der Waals surface area (Å²) in [7, 11) is 0. The monoisotopic (exact) mass is 790 g/mol. The summed E-state index contributed by atoms with van der Waals surface area (Å²) in [6.07, 6.45) is 0.309. The quantitative estimate of drug-likeness (QED) is 0.0472. The first-order valence-electron chi connectivity index (χ1n) is 17.8. The molecular weight excluding hydrogens is 736 g/mol. The van der Waals surface area contributed by atoms with Crippen molar-refractivity contribution in [3.8, 4) is 0 Å². The van der Waals surface area contributed by atoms with Gasteiger partial charge in [0.15, 0.2) is 0 Å². The molecule has 0 radical (unpaired) electrons. The first-order chi connectivity index (χ1) is 26.3. The van der Waals surface area contributed by atoms with Crippen molar-refractivity contribution < 1.29 is 53.1 Å². The van der Waals surface area contributed by atoms with Gasteiger partial charge in [0.1, 0.15) is 30.7 Å². The number of carboxylic acid groups (broad SMARTS) is 1. The maximum absolute atomic E-state index is 13.1. The Morgan fingerprint density at radius 3 is 1.57 bits per heavy atom. The number of hydrogen-bond donors (Lipinski definition) is 11. The topological polar surface area (TPSA) is 325 Å². The summed E-state index contributed by atoms with van der Waals surface area (Å²) in [4.78, 5) is 123. The van der Waals surface area contributed by atoms with Gasteiger partial charge in [-0.3, -0.25) is 47.9 Å². The van der Waals surface area contributed by atoms with E-state index >= 15 is 0 Å². The summed E-state index contributed by atoms with van der Waals surface area (Å²) in [6, 6.07) is 4.58. The molecule has 0 aliphatic carbocycles. The van der Waals surface area contributed by atoms with E-state index in [0.29, 0.717) is 0 Å². The lowest BCUT2D eigenvalue weighted by Gasteiger charge is -2.24. The second-order valence-electron chi connectivity index (χ2n) is 13.4. The number of carbonyl (C=O) groups is 10. The highest BCUT2D eigenvalue weighted by atomic mass is 16.4. The van der Waals surface area contributed by atoms with Crippen LogP contribution in [0.25, 0.3) is 0 Å². The second kappa shape index (κ2) is 25.1. The lowest BCUT2D eigenvalue weighted by Crippen LogP contribution is -2.57. The van der Waals surface area contributed by atoms with E-state index in [4.69, 9.17) is 10.8 Å². The first-order valence-corrected chi connectivity index (χ1v) is 17.8. The average Bonchev–Trinajstić information content (AvgIpc) is 3.14. The molecule has 0 aromatic heterocycles. The predicted octanol–water partition coefficient (Wildman–Crippen LogP) is -4.49. The van der Waals surface area contributed by atoms with Crippen molar-refractivity contribution >= 4 is 59.1 Å². The van der Waals surface area contributed by atoms with Gasteiger partial charge in [-0.05, 0) is 30.7 Å². The molecule has 0 spiro atoms. The third-order valence-corrected chi connectivity index (χ3v) is 7.65. The molecule has 0 heterocycles. The number of hydrogen-bond acceptors (Lipinski definition) is 11. The van der Waals surface area contributed by atoms with Crippen LogP contribution < -0.4 is 53.6 Å². The zero-order chi connectivity index (χ0) is 42.4. The molecule has 310 valence electrons. The van der Waals surface area contributed by atoms with E-state index in [1.165, 1.54) is 6.92 Å². The Hall–Kier alpha value is -6.12. The molecule has 1 rings (SSSR count). The zero-order valence-corrected chi connectivity index (χ0v) is 32.1. The van der Waals surface area contributed by atoms with Crippen LogP contribution in [0.15, 0.2) is 30.3 Å². The second-order valence-corrected chi connectivity index (χ2v) is 13.4. The summed E-state index contributed by atoms with van der Waals surface area (Å²) in [5.41, 5.74) is 6.16. The van der Waals surface area contributed by atoms with Crippen molar-refractivity contribution in [3.63, 3.8) is 0 Å². The molecule has 1 aromatic carbocycles. The molecule has 9 amide bonds. The van der Waals surface area contributed by atoms with Gasteiger partial charge >= 0.3 is 5.97 Å². The highest BCUT2D eigenvalue weighted by Crippen LogP contribution is 2.07. The molecule has 0 saturated heterocycles. The van der Waals surface area contributed by atoms with Crippen molar-refractivity contribution in [1.29, 1.82) is 0 Å². The van der Waals surface area contributed by atoms with Gasteiger partial charge in [0.2, 0.25) is 53.2 Å². The number of benzene rings is 1. The molecule has 21 heteroatoms. The molecule has 0 unspecified atom stereocenters. The minimum absolute atomic E-state index is 0.0734. The smallest absolute Gasteiger partial charge is 0.322 e. The van der Waals surface area contributed by atoms with Crippen molar-refractivity contribution in [2.45, 2.75) is 71.6 Å². The summed E-state index contributed by atoms with van der Waals surface area (Å²) < 4.78 is 0. The van der Waals surface area contributed by atoms with E-state index in [1.54, 1.807) is 44.2 Å². The van der Waals surface area contributed by atoms with Gasteiger partial charge in [-0.1, -0.05) is 58.0 Å². The molecule has 0 bridgehead atoms. The van der Waals surface area contributed by atoms with Gasteiger partial charge in [-0.2, -0.15) is 0 Å². The molecule has 0 saturated carbocycles. The number of carbonyl (C=O) groups excluding carboxylic acids is 9. The number of rotatable bonds is 24. The summed E-state index contributed by atoms with van der Waals surface area (Å²) in [6.45, 7) is 5.05. The maximum atomic E-state index is 13.1. The van der Waals surface area contributed by atoms with Crippen LogP contribution >= 0.6 is 0 Å². The van der Waals surface area contributed by atoms with Crippen molar-refractivity contribution in [3.05, 3.63) is 35.9 Å². The fourth-order valence-electron chi connectivity index (χ4n) is 4.74. The molecule has 0 aliphatic rings. The number of carboxylic acids is 1. The van der Waals surface area contributed by atoms with Crippen molar-refractivity contribution in [2.75, 3.05) is 39.3 Å². The van der Waals surface area contributed by atoms with E-state index in [0.717, 1.165) is 5.56 Å². The van der Waals surface area contributed by atoms with Gasteiger partial charge in [0, 0.05) is 6.42 Å². The van der Waals surface area contributed by atoms with Crippen LogP contribution in [0.5, 0.6) is 0 Å². The van der Waals surface area contributed by atoms with Crippen LogP contribution in [-0.2, 0) is 54.4 Å². The Bertz CT molecular complexity index is 1560. The Kier molecular flexibility index (Phi) is 21.4. The fraction of sp³-hybridized carbons (Fsp3) is 0.543. The molecule has 1 aromatic rings. The van der Waals surface area contributed by atoms with Crippen molar-refractivity contribution in [2.24, 2.45) is 17.6 Å². The average molecular weight is 791 g/mol. The Morgan fingerprint density at radius 1 is 0.554 bits per heavy atom. The number of nitrogens with two attached hydrogens (primary N) is 1. The van der Waals surface area contributed by atoms with Gasteiger partial charge < -0.3 is 58.7 Å². The standard InChI is InChI=1S/C35H54N10O11/c1-19(2)11-23(44-32(53)21(5)42-34(55)24(43-25(46)13-36)12-22-9-7-6-8-10-22)33(54)40-16-28(49)38-14-26(47)37-15-27(48)39-17-29(50)45-31(20(3)4)35(56)41-18-30(51)52/h6-10,19-21,23-24,31H,11-18,36H2,1-5H3,(H,37,47)(H,38,49)(H,39,48)(H,40,54)(H,41,56)(H,42,55)(H,43,46)(H,44,53)(H,45,50)(H,51,52)/t21-,23-,24-,31-/m0/s1. The fourth-order valence-corrected chi connectivity index (χ4v) is 4.74. The summed E-state index contributed by atoms with van der Waals surface area (Å²) in [5, 5.41) is 30.1. The van der Waals surface area contributed by atoms with Crippen LogP contribution in [0, 0.1) is 11.8 Å². The third-order valence-electron chi connectivity index (χ3n) is 7.65. The zero-order valence-electron chi connectivity index (χ0n) is 32.1. The SMILES string of the molecule is CC(C)C[C@H](NC(=O)[C@H](C)NC(=O)[C@H](Cc1ccccc1)NC(=O)CN)C(=O)NCC(=O)NCC(=O)NCC(=O)NCC(=O)N[C@H](C(=O)NCC(=O)O)C(C)C. The summed E-state index contributed by atoms with van der Waals surface area (Å²) in [5.74, 6) is -8.10. The number of aliphatic carboxylic acids is 1. The van der Waals surface area contributed by atoms with Crippen molar-refractivity contribution in [1.82, 2.24) is 47.9 Å². The van der Waals surface area contributed by atoms with Crippen LogP contribution in [0.1, 0.15) is 46.6 Å². The minimum atomic E-state index is -1.26. The highest BCUT2D eigenvalue weighted by molar-refractivity contribution is 5.96. The Labute approximate surface area is 324 Å². The molecule has 56 heavy (non-hydrogen) atoms. The van der Waals surface area contributed by atoms with Gasteiger partial charge in [0.05, 0.1) is 32.7 Å². The Balaban J connectivity index is 2.57. The largest absolute Gasteiger partial charge is 0.480 e. The van der Waals surface area contributed by atoms with E-state index in [1.807, 2.05) is 13.8 Å². The van der Waals surface area contributed by atoms with Crippen LogP contribution in [0.2, 0.25) is 0 Å². The van der Waals surface area contributed by atoms with E-state index in [9.17, 15) is 47.9 Å². The van der Waals surface area contributed by atoms with Crippen LogP contribution in [-0.4, -0.2) is 128 Å². The van der Waals surface area contributed by atoms with Crippen LogP contribution in [0.3, 0.4) is 0 Å². The summed E-state index contributed by atoms with van der Waals surface area (Å²) >= 11 is 0. The van der Waals surface area contributed by atoms with Gasteiger partial charge in [-0.25, -0.2) is 0 Å². The lowest BCUT2D eigenvalue weighted by molar-refractivity contribution is -0.138. The van der Waals surface area contributed by atoms with E-state index in [2.05, 4.69) is 47.9 Å². The molecule has 21 nitrogen and oxygen atoms in total. The maximum Gasteiger partial charge on any atom is 0.322 e. The molecule has 12 N–H and O–H groups in total. The lowest BCUT2D eigenvalue weighted by atomic mass is 10.0. The van der Waals surface area contributed by atoms with E-state index in [-0.39, 0.29) is 25.3 Å². The molecule has 4 atom stereocenters. The van der Waals surface area contributed by atoms with Gasteiger partial charge in [-0.15, -0.1) is 0 Å². The number of nitrogens with one attached hydrogen (secondary N) is 9. The Morgan fingerprint density at radius 2 is 1.07 bits per heavy atom. The molecule has 0 aliphatic heterocycles. The van der Waals surface area contributed by atoms with Crippen LogP contribution in [0.4, 0.5) is 0 Å².